The van der Waals surface area contributed by atoms with Crippen LogP contribution < -0.4 is 0 Å². The molecule has 0 saturated heterocycles. The number of ether oxygens (including phenoxy) is 2. The van der Waals surface area contributed by atoms with Gasteiger partial charge in [0.15, 0.2) is 0 Å². The van der Waals surface area contributed by atoms with Crippen LogP contribution in [0.2, 0.25) is 0 Å². The number of rotatable bonds is 12. The molecule has 0 N–H and O–H groups in total. The molecule has 0 spiro atoms. The third kappa shape index (κ3) is 10.2. The highest BCUT2D eigenvalue weighted by molar-refractivity contribution is 5.76. The van der Waals surface area contributed by atoms with Crippen molar-refractivity contribution in [1.29, 1.82) is 0 Å². The van der Waals surface area contributed by atoms with E-state index in [0.29, 0.717) is 31.5 Å². The lowest BCUT2D eigenvalue weighted by atomic mass is 9.81. The number of carbonyl (C=O) groups excluding carboxylic acids is 2. The number of hydrogen-bond acceptors (Lipinski definition) is 4. The zero-order valence-corrected chi connectivity index (χ0v) is 17.4. The molecule has 2 atom stereocenters. The summed E-state index contributed by atoms with van der Waals surface area (Å²) in [6, 6.07) is 0. The minimum Gasteiger partial charge on any atom is -0.465 e. The average Bonchev–Trinajstić information content (AvgIpc) is 2.60. The molecular weight excluding hydrogens is 328 g/mol. The van der Waals surface area contributed by atoms with Crippen LogP contribution in [0.25, 0.3) is 0 Å². The van der Waals surface area contributed by atoms with Crippen LogP contribution >= 0.6 is 0 Å². The molecule has 4 heteroatoms. The van der Waals surface area contributed by atoms with E-state index in [-0.39, 0.29) is 23.8 Å². The highest BCUT2D eigenvalue weighted by atomic mass is 16.5. The van der Waals surface area contributed by atoms with Crippen LogP contribution in [-0.2, 0) is 19.1 Å². The monoisotopic (exact) mass is 368 g/mol. The van der Waals surface area contributed by atoms with Crippen LogP contribution in [0, 0.1) is 23.7 Å². The van der Waals surface area contributed by atoms with Crippen molar-refractivity contribution in [3.8, 4) is 0 Å². The Balaban J connectivity index is 2.21. The summed E-state index contributed by atoms with van der Waals surface area (Å²) in [4.78, 5) is 24.5. The van der Waals surface area contributed by atoms with Crippen molar-refractivity contribution in [2.75, 3.05) is 13.2 Å². The van der Waals surface area contributed by atoms with Gasteiger partial charge in [0.25, 0.3) is 0 Å². The molecule has 0 aliphatic heterocycles. The summed E-state index contributed by atoms with van der Waals surface area (Å²) in [7, 11) is 0. The van der Waals surface area contributed by atoms with Gasteiger partial charge in [0.2, 0.25) is 0 Å². The first kappa shape index (κ1) is 23.0. The second-order valence-electron chi connectivity index (χ2n) is 8.67. The van der Waals surface area contributed by atoms with Crippen LogP contribution in [0.4, 0.5) is 0 Å². The Morgan fingerprint density at radius 3 is 1.58 bits per heavy atom. The predicted molar refractivity (Wildman–Crippen MR) is 105 cm³/mol. The second-order valence-corrected chi connectivity index (χ2v) is 8.67. The normalized spacial score (nSPS) is 20.4. The Kier molecular flexibility index (Phi) is 11.6. The first-order valence-corrected chi connectivity index (χ1v) is 10.7. The van der Waals surface area contributed by atoms with Crippen molar-refractivity contribution in [3.05, 3.63) is 0 Å². The van der Waals surface area contributed by atoms with Crippen molar-refractivity contribution in [1.82, 2.24) is 0 Å². The van der Waals surface area contributed by atoms with Gasteiger partial charge in [-0.2, -0.15) is 0 Å². The summed E-state index contributed by atoms with van der Waals surface area (Å²) < 4.78 is 10.9. The molecule has 0 aromatic rings. The van der Waals surface area contributed by atoms with E-state index in [1.807, 2.05) is 0 Å². The van der Waals surface area contributed by atoms with Crippen LogP contribution in [0.15, 0.2) is 0 Å². The molecule has 0 aromatic carbocycles. The van der Waals surface area contributed by atoms with Crippen molar-refractivity contribution in [2.24, 2.45) is 23.7 Å². The Hall–Kier alpha value is -1.06. The zero-order chi connectivity index (χ0) is 19.4. The van der Waals surface area contributed by atoms with E-state index in [1.165, 1.54) is 12.8 Å². The maximum atomic E-state index is 12.3. The summed E-state index contributed by atoms with van der Waals surface area (Å²) in [6.07, 6.45) is 9.57. The molecule has 152 valence electrons. The van der Waals surface area contributed by atoms with E-state index in [4.69, 9.17) is 9.47 Å². The Morgan fingerprint density at radius 2 is 1.19 bits per heavy atom. The fourth-order valence-corrected chi connectivity index (χ4v) is 3.51. The number of carbonyl (C=O) groups is 2. The SMILES string of the molecule is CC(C)CCCCOC(=O)[C@@H]1CCC[C@H](C(=O)OCCCCC(C)C)C1. The number of hydrogen-bond donors (Lipinski definition) is 0. The van der Waals surface area contributed by atoms with E-state index in [9.17, 15) is 9.59 Å². The average molecular weight is 369 g/mol. The molecule has 1 aliphatic carbocycles. The molecule has 0 bridgehead atoms. The minimum atomic E-state index is -0.132. The van der Waals surface area contributed by atoms with Gasteiger partial charge in [-0.1, -0.05) is 47.0 Å². The topological polar surface area (TPSA) is 52.6 Å². The lowest BCUT2D eigenvalue weighted by Gasteiger charge is -2.26. The summed E-state index contributed by atoms with van der Waals surface area (Å²) in [6.45, 7) is 9.84. The molecule has 0 radical (unpaired) electrons. The minimum absolute atomic E-state index is 0.121. The van der Waals surface area contributed by atoms with Crippen LogP contribution in [0.1, 0.15) is 91.9 Å². The van der Waals surface area contributed by atoms with Crippen molar-refractivity contribution in [2.45, 2.75) is 91.9 Å². The van der Waals surface area contributed by atoms with Gasteiger partial charge >= 0.3 is 11.9 Å². The molecule has 1 saturated carbocycles. The lowest BCUT2D eigenvalue weighted by molar-refractivity contribution is -0.155. The van der Waals surface area contributed by atoms with Crippen LogP contribution in [0.5, 0.6) is 0 Å². The maximum absolute atomic E-state index is 12.3. The predicted octanol–water partition coefficient (Wildman–Crippen LogP) is 5.53. The van der Waals surface area contributed by atoms with Gasteiger partial charge in [-0.3, -0.25) is 9.59 Å². The molecule has 0 aromatic heterocycles. The molecule has 1 aliphatic rings. The van der Waals surface area contributed by atoms with Gasteiger partial charge in [0.1, 0.15) is 0 Å². The third-order valence-electron chi connectivity index (χ3n) is 5.18. The molecule has 0 amide bonds. The first-order valence-electron chi connectivity index (χ1n) is 10.7. The second kappa shape index (κ2) is 13.2. The zero-order valence-electron chi connectivity index (χ0n) is 17.4. The molecule has 26 heavy (non-hydrogen) atoms. The Morgan fingerprint density at radius 1 is 0.769 bits per heavy atom. The molecule has 1 rings (SSSR count). The fourth-order valence-electron chi connectivity index (χ4n) is 3.51. The Labute approximate surface area is 160 Å². The summed E-state index contributed by atoms with van der Waals surface area (Å²) in [5.74, 6) is 0.884. The standard InChI is InChI=1S/C22H40O4/c1-17(2)10-5-7-14-25-21(23)19-12-9-13-20(16-19)22(24)26-15-8-6-11-18(3)4/h17-20H,5-16H2,1-4H3/t19-,20+. The highest BCUT2D eigenvalue weighted by Crippen LogP contribution is 2.31. The molecule has 0 heterocycles. The molecule has 1 fully saturated rings. The van der Waals surface area contributed by atoms with E-state index in [0.717, 1.165) is 44.9 Å². The number of unbranched alkanes of at least 4 members (excludes halogenated alkanes) is 2. The molecular formula is C22H40O4. The first-order chi connectivity index (χ1) is 12.4. The fraction of sp³-hybridized carbons (Fsp3) is 0.909. The van der Waals surface area contributed by atoms with E-state index in [1.54, 1.807) is 0 Å². The largest absolute Gasteiger partial charge is 0.465 e. The molecule has 4 nitrogen and oxygen atoms in total. The van der Waals surface area contributed by atoms with Gasteiger partial charge in [-0.05, 0) is 56.8 Å². The van der Waals surface area contributed by atoms with Gasteiger partial charge in [-0.15, -0.1) is 0 Å². The van der Waals surface area contributed by atoms with Gasteiger partial charge in [0.05, 0.1) is 25.0 Å². The van der Waals surface area contributed by atoms with E-state index < -0.39 is 0 Å². The van der Waals surface area contributed by atoms with E-state index >= 15 is 0 Å². The van der Waals surface area contributed by atoms with Crippen molar-refractivity contribution < 1.29 is 19.1 Å². The molecule has 0 unspecified atom stereocenters. The summed E-state index contributed by atoms with van der Waals surface area (Å²) in [5.41, 5.74) is 0. The van der Waals surface area contributed by atoms with Gasteiger partial charge in [-0.25, -0.2) is 0 Å². The van der Waals surface area contributed by atoms with Crippen molar-refractivity contribution in [3.63, 3.8) is 0 Å². The van der Waals surface area contributed by atoms with Crippen molar-refractivity contribution >= 4 is 11.9 Å². The number of esters is 2. The quantitative estimate of drug-likeness (QED) is 0.335. The third-order valence-corrected chi connectivity index (χ3v) is 5.18. The summed E-state index contributed by atoms with van der Waals surface area (Å²) >= 11 is 0. The van der Waals surface area contributed by atoms with Crippen LogP contribution in [0.3, 0.4) is 0 Å². The highest BCUT2D eigenvalue weighted by Gasteiger charge is 2.32. The summed E-state index contributed by atoms with van der Waals surface area (Å²) in [5, 5.41) is 0. The smallest absolute Gasteiger partial charge is 0.308 e. The van der Waals surface area contributed by atoms with Gasteiger partial charge in [0, 0.05) is 0 Å². The maximum Gasteiger partial charge on any atom is 0.308 e. The lowest BCUT2D eigenvalue weighted by Crippen LogP contribution is -2.30. The Bertz CT molecular complexity index is 367. The van der Waals surface area contributed by atoms with Gasteiger partial charge < -0.3 is 9.47 Å². The van der Waals surface area contributed by atoms with E-state index in [2.05, 4.69) is 27.7 Å². The van der Waals surface area contributed by atoms with Crippen LogP contribution in [-0.4, -0.2) is 25.2 Å².